The van der Waals surface area contributed by atoms with Gasteiger partial charge in [-0.05, 0) is 38.3 Å². The van der Waals surface area contributed by atoms with Gasteiger partial charge in [-0.15, -0.1) is 6.58 Å². The Morgan fingerprint density at radius 2 is 2.13 bits per heavy atom. The minimum atomic E-state index is -1.07. The van der Waals surface area contributed by atoms with E-state index >= 15 is 0 Å². The largest absolute Gasteiger partial charge is 0.623 e. The van der Waals surface area contributed by atoms with Crippen molar-refractivity contribution in [3.05, 3.63) is 53.8 Å². The van der Waals surface area contributed by atoms with Crippen molar-refractivity contribution in [3.63, 3.8) is 0 Å². The summed E-state index contributed by atoms with van der Waals surface area (Å²) in [4.78, 5) is 12.5. The van der Waals surface area contributed by atoms with E-state index in [9.17, 15) is 10.0 Å². The van der Waals surface area contributed by atoms with Gasteiger partial charge in [0.05, 0.1) is 6.61 Å². The Kier molecular flexibility index (Phi) is 5.97. The molecule has 4 nitrogen and oxygen atoms in total. The molecule has 0 saturated heterocycles. The van der Waals surface area contributed by atoms with E-state index in [0.29, 0.717) is 31.6 Å². The molecule has 0 bridgehead atoms. The number of nitrogens with zero attached hydrogens (tertiary/aromatic N) is 1. The number of unbranched alkanes of at least 4 members (excludes halogenated alkanes) is 2. The second kappa shape index (κ2) is 7.95. The number of ether oxygens (including phenoxy) is 1. The molecule has 0 saturated carbocycles. The lowest BCUT2D eigenvalue weighted by Gasteiger charge is -2.26. The molecule has 1 aromatic rings. The maximum atomic E-state index is 13.0. The molecule has 1 heterocycles. The van der Waals surface area contributed by atoms with Gasteiger partial charge in [-0.3, -0.25) is 0 Å². The zero-order chi connectivity index (χ0) is 16.7. The maximum absolute atomic E-state index is 13.0. The third kappa shape index (κ3) is 3.63. The fraction of sp³-hybridized carbons (Fsp3) is 0.474. The van der Waals surface area contributed by atoms with Crippen LogP contribution in [0.5, 0.6) is 0 Å². The second-order valence-corrected chi connectivity index (χ2v) is 5.89. The number of rotatable bonds is 8. The van der Waals surface area contributed by atoms with Gasteiger partial charge in [0.1, 0.15) is 0 Å². The SMILES string of the molecule is C=CCCCCC1(C(=O)OCC)CCC(c2ccccc2)=[N+]1[O-]. The molecule has 0 amide bonds. The molecule has 0 fully saturated rings. The van der Waals surface area contributed by atoms with E-state index in [1.807, 2.05) is 36.4 Å². The highest BCUT2D eigenvalue weighted by molar-refractivity contribution is 5.99. The number of hydroxylamine groups is 1. The van der Waals surface area contributed by atoms with Crippen molar-refractivity contribution in [3.8, 4) is 0 Å². The maximum Gasteiger partial charge on any atom is 0.379 e. The lowest BCUT2D eigenvalue weighted by Crippen LogP contribution is -2.46. The minimum absolute atomic E-state index is 0.293. The van der Waals surface area contributed by atoms with E-state index in [0.717, 1.165) is 29.6 Å². The highest BCUT2D eigenvalue weighted by Gasteiger charge is 2.53. The molecule has 0 radical (unpaired) electrons. The summed E-state index contributed by atoms with van der Waals surface area (Å²) >= 11 is 0. The third-order valence-corrected chi connectivity index (χ3v) is 4.42. The average Bonchev–Trinajstić information content (AvgIpc) is 2.91. The first-order valence-electron chi connectivity index (χ1n) is 8.32. The van der Waals surface area contributed by atoms with Gasteiger partial charge in [0.2, 0.25) is 0 Å². The summed E-state index contributed by atoms with van der Waals surface area (Å²) in [5.41, 5.74) is 0.504. The minimum Gasteiger partial charge on any atom is -0.623 e. The Bertz CT molecular complexity index is 580. The smallest absolute Gasteiger partial charge is 0.379 e. The summed E-state index contributed by atoms with van der Waals surface area (Å²) in [6.45, 7) is 5.78. The molecule has 23 heavy (non-hydrogen) atoms. The predicted octanol–water partition coefficient (Wildman–Crippen LogP) is 3.83. The average molecular weight is 315 g/mol. The zero-order valence-corrected chi connectivity index (χ0v) is 13.8. The molecule has 2 rings (SSSR count). The molecular weight excluding hydrogens is 290 g/mol. The Morgan fingerprint density at radius 3 is 2.78 bits per heavy atom. The first kappa shape index (κ1) is 17.3. The number of carbonyl (C=O) groups is 1. The van der Waals surface area contributed by atoms with E-state index in [-0.39, 0.29) is 5.97 Å². The molecule has 1 aliphatic rings. The van der Waals surface area contributed by atoms with Gasteiger partial charge in [-0.1, -0.05) is 24.3 Å². The summed E-state index contributed by atoms with van der Waals surface area (Å²) in [7, 11) is 0. The van der Waals surface area contributed by atoms with Crippen molar-refractivity contribution in [2.75, 3.05) is 6.61 Å². The molecule has 1 aliphatic heterocycles. The Hall–Kier alpha value is -2.10. The van der Waals surface area contributed by atoms with E-state index in [1.165, 1.54) is 0 Å². The first-order valence-corrected chi connectivity index (χ1v) is 8.32. The molecule has 0 N–H and O–H groups in total. The quantitative estimate of drug-likeness (QED) is 0.241. The first-order chi connectivity index (χ1) is 11.2. The predicted molar refractivity (Wildman–Crippen MR) is 91.4 cm³/mol. The fourth-order valence-corrected chi connectivity index (χ4v) is 3.16. The van der Waals surface area contributed by atoms with Crippen LogP contribution in [0.15, 0.2) is 43.0 Å². The molecule has 1 atom stereocenters. The lowest BCUT2D eigenvalue weighted by atomic mass is 9.89. The van der Waals surface area contributed by atoms with Gasteiger partial charge in [-0.2, -0.15) is 4.74 Å². The van der Waals surface area contributed by atoms with Crippen molar-refractivity contribution in [1.82, 2.24) is 0 Å². The van der Waals surface area contributed by atoms with Crippen LogP contribution in [0.1, 0.15) is 51.0 Å². The number of allylic oxidation sites excluding steroid dienone is 1. The van der Waals surface area contributed by atoms with Gasteiger partial charge in [-0.25, -0.2) is 4.79 Å². The molecule has 1 aromatic carbocycles. The molecule has 0 spiro atoms. The topological polar surface area (TPSA) is 52.4 Å². The van der Waals surface area contributed by atoms with Gasteiger partial charge < -0.3 is 9.94 Å². The van der Waals surface area contributed by atoms with Gasteiger partial charge >= 0.3 is 5.97 Å². The van der Waals surface area contributed by atoms with Crippen LogP contribution in [0, 0.1) is 5.21 Å². The van der Waals surface area contributed by atoms with E-state index in [1.54, 1.807) is 6.92 Å². The Morgan fingerprint density at radius 1 is 1.39 bits per heavy atom. The fourth-order valence-electron chi connectivity index (χ4n) is 3.16. The molecule has 1 unspecified atom stereocenters. The van der Waals surface area contributed by atoms with Crippen LogP contribution in [0.4, 0.5) is 0 Å². The van der Waals surface area contributed by atoms with Crippen molar-refractivity contribution in [2.45, 2.75) is 51.0 Å². The number of benzene rings is 1. The summed E-state index contributed by atoms with van der Waals surface area (Å²) in [6, 6.07) is 9.57. The molecular formula is C19H25NO3. The van der Waals surface area contributed by atoms with Crippen LogP contribution < -0.4 is 0 Å². The monoisotopic (exact) mass is 315 g/mol. The van der Waals surface area contributed by atoms with Crippen molar-refractivity contribution in [2.24, 2.45) is 0 Å². The van der Waals surface area contributed by atoms with Gasteiger partial charge in [0, 0.05) is 24.8 Å². The zero-order valence-electron chi connectivity index (χ0n) is 13.8. The normalized spacial score (nSPS) is 20.6. The van der Waals surface area contributed by atoms with Gasteiger partial charge in [0.25, 0.3) is 5.54 Å². The van der Waals surface area contributed by atoms with E-state index in [4.69, 9.17) is 4.74 Å². The highest BCUT2D eigenvalue weighted by Crippen LogP contribution is 2.33. The summed E-state index contributed by atoms with van der Waals surface area (Å²) in [6.07, 6.45) is 6.15. The summed E-state index contributed by atoms with van der Waals surface area (Å²) < 4.78 is 6.15. The number of carbonyl (C=O) groups excluding carboxylic acids is 1. The summed E-state index contributed by atoms with van der Waals surface area (Å²) in [5.74, 6) is -0.389. The van der Waals surface area contributed by atoms with Gasteiger partial charge in [0.15, 0.2) is 5.71 Å². The van der Waals surface area contributed by atoms with Crippen LogP contribution in [0.3, 0.4) is 0 Å². The van der Waals surface area contributed by atoms with Crippen LogP contribution in [0.2, 0.25) is 0 Å². The Balaban J connectivity index is 2.28. The van der Waals surface area contributed by atoms with Crippen molar-refractivity contribution >= 4 is 11.7 Å². The lowest BCUT2D eigenvalue weighted by molar-refractivity contribution is -0.527. The molecule has 4 heteroatoms. The van der Waals surface area contributed by atoms with Crippen LogP contribution in [0.25, 0.3) is 0 Å². The standard InChI is InChI=1S/C19H25NO3/c1-3-5-6-10-14-19(18(21)23-4-2)15-13-17(20(19)22)16-11-8-7-9-12-16/h3,7-9,11-12H,1,4-6,10,13-15H2,2H3. The summed E-state index contributed by atoms with van der Waals surface area (Å²) in [5, 5.41) is 13.0. The number of hydrogen-bond donors (Lipinski definition) is 0. The van der Waals surface area contributed by atoms with E-state index < -0.39 is 5.54 Å². The van der Waals surface area contributed by atoms with Crippen molar-refractivity contribution in [1.29, 1.82) is 0 Å². The van der Waals surface area contributed by atoms with Crippen LogP contribution in [-0.2, 0) is 9.53 Å². The molecule has 124 valence electrons. The van der Waals surface area contributed by atoms with Crippen LogP contribution >= 0.6 is 0 Å². The second-order valence-electron chi connectivity index (χ2n) is 5.89. The van der Waals surface area contributed by atoms with Crippen molar-refractivity contribution < 1.29 is 14.3 Å². The van der Waals surface area contributed by atoms with Crippen LogP contribution in [-0.4, -0.2) is 28.6 Å². The molecule has 0 aromatic heterocycles. The number of esters is 1. The number of hydrogen-bond acceptors (Lipinski definition) is 3. The van der Waals surface area contributed by atoms with E-state index in [2.05, 4.69) is 6.58 Å². The third-order valence-electron chi connectivity index (χ3n) is 4.42. The highest BCUT2D eigenvalue weighted by atomic mass is 16.5. The molecule has 0 aliphatic carbocycles. The Labute approximate surface area is 138 Å².